The number of rotatable bonds is 3. The van der Waals surface area contributed by atoms with E-state index >= 15 is 0 Å². The third-order valence-corrected chi connectivity index (χ3v) is 3.88. The summed E-state index contributed by atoms with van der Waals surface area (Å²) in [7, 11) is 0. The van der Waals surface area contributed by atoms with Gasteiger partial charge in [-0.1, -0.05) is 17.7 Å². The van der Waals surface area contributed by atoms with Gasteiger partial charge in [0.15, 0.2) is 0 Å². The second-order valence-corrected chi connectivity index (χ2v) is 5.37. The maximum atomic E-state index is 5.73. The molecule has 0 aromatic carbocycles. The van der Waals surface area contributed by atoms with Crippen LogP contribution in [0.5, 0.6) is 0 Å². The standard InChI is InChI=1S/C11H15ClN2S.ClH/c12-11-2-1-9(8-14-11)7-13-10-3-5-15-6-4-10;/h1-2,8,10,13H,3-7H2;1H. The highest BCUT2D eigenvalue weighted by Gasteiger charge is 2.12. The third kappa shape index (κ3) is 4.50. The summed E-state index contributed by atoms with van der Waals surface area (Å²) in [5.41, 5.74) is 1.21. The first-order valence-corrected chi connectivity index (χ1v) is 6.79. The molecule has 90 valence electrons. The molecular formula is C11H16Cl2N2S. The van der Waals surface area contributed by atoms with Crippen molar-refractivity contribution in [1.29, 1.82) is 0 Å². The quantitative estimate of drug-likeness (QED) is 0.860. The molecule has 5 heteroatoms. The molecule has 2 heterocycles. The molecule has 0 amide bonds. The van der Waals surface area contributed by atoms with Crippen LogP contribution in [-0.2, 0) is 6.54 Å². The second-order valence-electron chi connectivity index (χ2n) is 3.76. The molecule has 2 rings (SSSR count). The molecule has 1 fully saturated rings. The fourth-order valence-corrected chi connectivity index (χ4v) is 2.89. The van der Waals surface area contributed by atoms with E-state index in [1.54, 1.807) is 0 Å². The van der Waals surface area contributed by atoms with E-state index in [9.17, 15) is 0 Å². The van der Waals surface area contributed by atoms with Gasteiger partial charge in [-0.05, 0) is 36.0 Å². The Labute approximate surface area is 112 Å². The van der Waals surface area contributed by atoms with Gasteiger partial charge < -0.3 is 5.32 Å². The predicted octanol–water partition coefficient (Wildman–Crippen LogP) is 3.14. The maximum Gasteiger partial charge on any atom is 0.129 e. The minimum atomic E-state index is 0. The van der Waals surface area contributed by atoms with E-state index in [0.717, 1.165) is 6.54 Å². The van der Waals surface area contributed by atoms with Gasteiger partial charge >= 0.3 is 0 Å². The zero-order chi connectivity index (χ0) is 10.5. The summed E-state index contributed by atoms with van der Waals surface area (Å²) in [6.45, 7) is 0.902. The van der Waals surface area contributed by atoms with Crippen molar-refractivity contribution in [3.8, 4) is 0 Å². The number of aromatic nitrogens is 1. The van der Waals surface area contributed by atoms with E-state index in [1.807, 2.05) is 18.3 Å². The molecular weight excluding hydrogens is 263 g/mol. The zero-order valence-corrected chi connectivity index (χ0v) is 11.4. The van der Waals surface area contributed by atoms with Crippen LogP contribution in [-0.4, -0.2) is 22.5 Å². The van der Waals surface area contributed by atoms with Crippen LogP contribution in [0.25, 0.3) is 0 Å². The number of pyridine rings is 1. The van der Waals surface area contributed by atoms with Crippen molar-refractivity contribution in [2.24, 2.45) is 0 Å². The largest absolute Gasteiger partial charge is 0.310 e. The van der Waals surface area contributed by atoms with Crippen molar-refractivity contribution < 1.29 is 0 Å². The molecule has 0 saturated carbocycles. The summed E-state index contributed by atoms with van der Waals surface area (Å²) in [6.07, 6.45) is 4.41. The van der Waals surface area contributed by atoms with Crippen molar-refractivity contribution in [2.45, 2.75) is 25.4 Å². The summed E-state index contributed by atoms with van der Waals surface area (Å²) in [5.74, 6) is 2.58. The van der Waals surface area contributed by atoms with Crippen LogP contribution in [0.4, 0.5) is 0 Å². The monoisotopic (exact) mass is 278 g/mol. The summed E-state index contributed by atoms with van der Waals surface area (Å²) in [6, 6.07) is 4.55. The first-order chi connectivity index (χ1) is 7.34. The number of nitrogens with zero attached hydrogens (tertiary/aromatic N) is 1. The van der Waals surface area contributed by atoms with E-state index in [0.29, 0.717) is 11.2 Å². The van der Waals surface area contributed by atoms with Crippen LogP contribution >= 0.6 is 35.8 Å². The Kier molecular flexibility index (Phi) is 6.51. The zero-order valence-electron chi connectivity index (χ0n) is 8.99. The van der Waals surface area contributed by atoms with Gasteiger partial charge in [0.25, 0.3) is 0 Å². The van der Waals surface area contributed by atoms with Crippen LogP contribution in [0.3, 0.4) is 0 Å². The Balaban J connectivity index is 0.00000128. The first kappa shape index (κ1) is 14.1. The summed E-state index contributed by atoms with van der Waals surface area (Å²) in [4.78, 5) is 4.06. The smallest absolute Gasteiger partial charge is 0.129 e. The molecule has 1 saturated heterocycles. The fourth-order valence-electron chi connectivity index (χ4n) is 1.67. The van der Waals surface area contributed by atoms with Crippen molar-refractivity contribution in [1.82, 2.24) is 10.3 Å². The lowest BCUT2D eigenvalue weighted by Crippen LogP contribution is -2.32. The predicted molar refractivity (Wildman–Crippen MR) is 73.7 cm³/mol. The van der Waals surface area contributed by atoms with Crippen LogP contribution in [0.15, 0.2) is 18.3 Å². The minimum Gasteiger partial charge on any atom is -0.310 e. The Morgan fingerprint density at radius 2 is 2.12 bits per heavy atom. The fraction of sp³-hybridized carbons (Fsp3) is 0.545. The molecule has 1 aromatic heterocycles. The topological polar surface area (TPSA) is 24.9 Å². The van der Waals surface area contributed by atoms with Crippen LogP contribution < -0.4 is 5.32 Å². The highest BCUT2D eigenvalue weighted by Crippen LogP contribution is 2.17. The molecule has 2 nitrogen and oxygen atoms in total. The van der Waals surface area contributed by atoms with Gasteiger partial charge in [-0.25, -0.2) is 4.98 Å². The van der Waals surface area contributed by atoms with Gasteiger partial charge in [0.1, 0.15) is 5.15 Å². The summed E-state index contributed by atoms with van der Waals surface area (Å²) < 4.78 is 0. The number of halogens is 2. The van der Waals surface area contributed by atoms with E-state index in [2.05, 4.69) is 22.1 Å². The Morgan fingerprint density at radius 3 is 2.75 bits per heavy atom. The molecule has 1 aromatic rings. The van der Waals surface area contributed by atoms with E-state index in [4.69, 9.17) is 11.6 Å². The number of hydrogen-bond acceptors (Lipinski definition) is 3. The van der Waals surface area contributed by atoms with Crippen molar-refractivity contribution in [2.75, 3.05) is 11.5 Å². The molecule has 1 aliphatic rings. The SMILES string of the molecule is Cl.Clc1ccc(CNC2CCSCC2)cn1. The molecule has 0 spiro atoms. The maximum absolute atomic E-state index is 5.73. The number of thioether (sulfide) groups is 1. The average molecular weight is 279 g/mol. The lowest BCUT2D eigenvalue weighted by molar-refractivity contribution is 0.482. The van der Waals surface area contributed by atoms with Gasteiger partial charge in [0, 0.05) is 18.8 Å². The molecule has 0 atom stereocenters. The molecule has 0 unspecified atom stereocenters. The third-order valence-electron chi connectivity index (χ3n) is 2.60. The van der Waals surface area contributed by atoms with Crippen molar-refractivity contribution in [3.05, 3.63) is 29.0 Å². The van der Waals surface area contributed by atoms with Crippen molar-refractivity contribution in [3.63, 3.8) is 0 Å². The van der Waals surface area contributed by atoms with E-state index < -0.39 is 0 Å². The molecule has 16 heavy (non-hydrogen) atoms. The molecule has 0 bridgehead atoms. The minimum absolute atomic E-state index is 0. The first-order valence-electron chi connectivity index (χ1n) is 5.26. The summed E-state index contributed by atoms with van der Waals surface area (Å²) >= 11 is 7.78. The van der Waals surface area contributed by atoms with Gasteiger partial charge in [0.2, 0.25) is 0 Å². The molecule has 1 N–H and O–H groups in total. The van der Waals surface area contributed by atoms with Crippen LogP contribution in [0.2, 0.25) is 5.15 Å². The summed E-state index contributed by atoms with van der Waals surface area (Å²) in [5, 5.41) is 4.12. The highest BCUT2D eigenvalue weighted by molar-refractivity contribution is 7.99. The molecule has 1 aliphatic heterocycles. The van der Waals surface area contributed by atoms with E-state index in [1.165, 1.54) is 29.9 Å². The Morgan fingerprint density at radius 1 is 1.38 bits per heavy atom. The van der Waals surface area contributed by atoms with Gasteiger partial charge in [0.05, 0.1) is 0 Å². The Bertz CT molecular complexity index is 299. The van der Waals surface area contributed by atoms with Crippen molar-refractivity contribution >= 4 is 35.8 Å². The van der Waals surface area contributed by atoms with E-state index in [-0.39, 0.29) is 12.4 Å². The van der Waals surface area contributed by atoms with Crippen LogP contribution in [0.1, 0.15) is 18.4 Å². The molecule has 0 aliphatic carbocycles. The lowest BCUT2D eigenvalue weighted by Gasteiger charge is -2.22. The van der Waals surface area contributed by atoms with Gasteiger partial charge in [-0.15, -0.1) is 12.4 Å². The molecule has 0 radical (unpaired) electrons. The van der Waals surface area contributed by atoms with Gasteiger partial charge in [-0.2, -0.15) is 11.8 Å². The average Bonchev–Trinajstić information content (AvgIpc) is 2.30. The Hall–Kier alpha value is 0.0400. The van der Waals surface area contributed by atoms with Gasteiger partial charge in [-0.3, -0.25) is 0 Å². The highest BCUT2D eigenvalue weighted by atomic mass is 35.5. The number of hydrogen-bond donors (Lipinski definition) is 1. The normalized spacial score (nSPS) is 16.8. The van der Waals surface area contributed by atoms with Crippen LogP contribution in [0, 0.1) is 0 Å². The number of nitrogens with one attached hydrogen (secondary N) is 1. The second kappa shape index (κ2) is 7.38. The lowest BCUT2D eigenvalue weighted by atomic mass is 10.1.